The molecule has 0 radical (unpaired) electrons. The van der Waals surface area contributed by atoms with E-state index < -0.39 is 0 Å². The van der Waals surface area contributed by atoms with Gasteiger partial charge in [0.05, 0.1) is 12.2 Å². The summed E-state index contributed by atoms with van der Waals surface area (Å²) in [5.74, 6) is 6.59. The molecule has 2 rings (SSSR count). The maximum atomic E-state index is 5.73. The number of rotatable bonds is 0. The van der Waals surface area contributed by atoms with E-state index in [1.165, 1.54) is 0 Å². The first kappa shape index (κ1) is 8.72. The topological polar surface area (TPSA) is 41.6 Å². The van der Waals surface area contributed by atoms with E-state index in [0.29, 0.717) is 0 Å². The third-order valence-corrected chi connectivity index (χ3v) is 2.57. The molecule has 1 aliphatic heterocycles. The van der Waals surface area contributed by atoms with Gasteiger partial charge in [0.25, 0.3) is 0 Å². The number of hydrazine groups is 1. The third-order valence-electron chi connectivity index (χ3n) is 2.08. The zero-order valence-electron chi connectivity index (χ0n) is 7.29. The minimum atomic E-state index is 0.726. The van der Waals surface area contributed by atoms with Crippen LogP contribution < -0.4 is 5.84 Å². The van der Waals surface area contributed by atoms with E-state index in [2.05, 4.69) is 20.9 Å². The van der Waals surface area contributed by atoms with Gasteiger partial charge in [-0.25, -0.2) is 10.8 Å². The molecule has 0 spiro atoms. The van der Waals surface area contributed by atoms with E-state index in [9.17, 15) is 0 Å². The number of hydrogen-bond acceptors (Lipinski definition) is 3. The van der Waals surface area contributed by atoms with Crippen molar-refractivity contribution in [2.45, 2.75) is 13.5 Å². The van der Waals surface area contributed by atoms with Gasteiger partial charge >= 0.3 is 0 Å². The Kier molecular flexibility index (Phi) is 2.09. The number of halogens is 1. The molecule has 0 unspecified atom stereocenters. The molecule has 0 fully saturated rings. The van der Waals surface area contributed by atoms with Crippen LogP contribution in [0.3, 0.4) is 0 Å². The maximum Gasteiger partial charge on any atom is 0.116 e. The lowest BCUT2D eigenvalue weighted by Gasteiger charge is -2.23. The monoisotopic (exact) mass is 239 g/mol. The van der Waals surface area contributed by atoms with Gasteiger partial charge in [-0.05, 0) is 30.7 Å². The molecule has 2 N–H and O–H groups in total. The molecule has 3 nitrogen and oxygen atoms in total. The van der Waals surface area contributed by atoms with E-state index >= 15 is 0 Å². The third kappa shape index (κ3) is 1.59. The van der Waals surface area contributed by atoms with Gasteiger partial charge in [0, 0.05) is 4.47 Å². The zero-order valence-corrected chi connectivity index (χ0v) is 8.87. The predicted molar refractivity (Wildman–Crippen MR) is 56.6 cm³/mol. The minimum Gasteiger partial charge on any atom is -0.294 e. The zero-order chi connectivity index (χ0) is 9.42. The fourth-order valence-electron chi connectivity index (χ4n) is 1.33. The Labute approximate surface area is 85.4 Å². The van der Waals surface area contributed by atoms with Crippen molar-refractivity contribution >= 4 is 27.5 Å². The smallest absolute Gasteiger partial charge is 0.116 e. The maximum absolute atomic E-state index is 5.73. The highest BCUT2D eigenvalue weighted by atomic mass is 79.9. The average molecular weight is 240 g/mol. The van der Waals surface area contributed by atoms with E-state index in [1.807, 2.05) is 25.1 Å². The van der Waals surface area contributed by atoms with Crippen LogP contribution in [-0.2, 0) is 6.54 Å². The van der Waals surface area contributed by atoms with Gasteiger partial charge in [0.1, 0.15) is 5.84 Å². The van der Waals surface area contributed by atoms with Gasteiger partial charge in [-0.2, -0.15) is 0 Å². The van der Waals surface area contributed by atoms with Gasteiger partial charge in [0.2, 0.25) is 0 Å². The number of amidine groups is 1. The summed E-state index contributed by atoms with van der Waals surface area (Å²) in [4.78, 5) is 4.36. The SMILES string of the molecule is CC1=Nc2ccc(Br)cc2CN1N. The van der Waals surface area contributed by atoms with Crippen LogP contribution in [0.25, 0.3) is 0 Å². The number of benzene rings is 1. The summed E-state index contributed by atoms with van der Waals surface area (Å²) < 4.78 is 1.06. The second-order valence-corrected chi connectivity index (χ2v) is 3.98. The normalized spacial score (nSPS) is 15.3. The number of nitrogens with zero attached hydrogens (tertiary/aromatic N) is 2. The van der Waals surface area contributed by atoms with Crippen LogP contribution in [0.1, 0.15) is 12.5 Å². The highest BCUT2D eigenvalue weighted by Crippen LogP contribution is 2.27. The molecule has 0 saturated heterocycles. The van der Waals surface area contributed by atoms with Crippen molar-refractivity contribution in [2.75, 3.05) is 0 Å². The molecule has 0 aliphatic carbocycles. The highest BCUT2D eigenvalue weighted by Gasteiger charge is 2.13. The molecular formula is C9H10BrN3. The van der Waals surface area contributed by atoms with Crippen LogP contribution in [-0.4, -0.2) is 10.8 Å². The van der Waals surface area contributed by atoms with Gasteiger partial charge in [-0.15, -0.1) is 0 Å². The van der Waals surface area contributed by atoms with Crippen molar-refractivity contribution < 1.29 is 0 Å². The molecule has 1 aromatic carbocycles. The molecule has 0 atom stereocenters. The van der Waals surface area contributed by atoms with Crippen molar-refractivity contribution in [3.05, 3.63) is 28.2 Å². The first-order valence-corrected chi connectivity index (χ1v) is 4.82. The molecule has 1 heterocycles. The number of nitrogens with two attached hydrogens (primary N) is 1. The van der Waals surface area contributed by atoms with E-state index in [1.54, 1.807) is 5.01 Å². The van der Waals surface area contributed by atoms with Crippen LogP contribution in [0.5, 0.6) is 0 Å². The molecule has 0 aromatic heterocycles. The molecule has 1 aliphatic rings. The average Bonchev–Trinajstić information content (AvgIpc) is 2.08. The lowest BCUT2D eigenvalue weighted by Crippen LogP contribution is -2.36. The lowest BCUT2D eigenvalue weighted by molar-refractivity contribution is 0.425. The van der Waals surface area contributed by atoms with Crippen LogP contribution in [0, 0.1) is 0 Å². The Morgan fingerprint density at radius 1 is 1.54 bits per heavy atom. The number of hydrogen-bond donors (Lipinski definition) is 1. The first-order chi connectivity index (χ1) is 6.16. The van der Waals surface area contributed by atoms with Crippen LogP contribution in [0.15, 0.2) is 27.7 Å². The Balaban J connectivity index is 2.50. The van der Waals surface area contributed by atoms with Crippen molar-refractivity contribution in [3.63, 3.8) is 0 Å². The quantitative estimate of drug-likeness (QED) is 0.706. The van der Waals surface area contributed by atoms with Crippen LogP contribution >= 0.6 is 15.9 Å². The molecule has 68 valence electrons. The molecule has 4 heteroatoms. The molecular weight excluding hydrogens is 230 g/mol. The van der Waals surface area contributed by atoms with Crippen molar-refractivity contribution in [3.8, 4) is 0 Å². The predicted octanol–water partition coefficient (Wildman–Crippen LogP) is 2.19. The molecule has 0 bridgehead atoms. The van der Waals surface area contributed by atoms with E-state index in [0.717, 1.165) is 28.1 Å². The molecule has 0 saturated carbocycles. The Hall–Kier alpha value is -0.870. The molecule has 13 heavy (non-hydrogen) atoms. The van der Waals surface area contributed by atoms with E-state index in [4.69, 9.17) is 5.84 Å². The Morgan fingerprint density at radius 2 is 2.31 bits per heavy atom. The summed E-state index contributed by atoms with van der Waals surface area (Å²) in [6, 6.07) is 6.03. The fourth-order valence-corrected chi connectivity index (χ4v) is 1.73. The summed E-state index contributed by atoms with van der Waals surface area (Å²) in [6.45, 7) is 2.63. The minimum absolute atomic E-state index is 0.726. The number of aliphatic imine (C=N–C) groups is 1. The number of fused-ring (bicyclic) bond motifs is 1. The Morgan fingerprint density at radius 3 is 3.08 bits per heavy atom. The van der Waals surface area contributed by atoms with Crippen LogP contribution in [0.2, 0.25) is 0 Å². The first-order valence-electron chi connectivity index (χ1n) is 4.03. The van der Waals surface area contributed by atoms with Crippen molar-refractivity contribution in [1.82, 2.24) is 5.01 Å². The highest BCUT2D eigenvalue weighted by molar-refractivity contribution is 9.10. The molecule has 1 aromatic rings. The second-order valence-electron chi connectivity index (χ2n) is 3.06. The summed E-state index contributed by atoms with van der Waals surface area (Å²) in [6.07, 6.45) is 0. The Bertz CT molecular complexity index is 373. The second kappa shape index (κ2) is 3.12. The standard InChI is InChI=1S/C9H10BrN3/c1-6-12-9-3-2-8(10)4-7(9)5-13(6)11/h2-4H,5,11H2,1H3. The summed E-state index contributed by atoms with van der Waals surface area (Å²) in [7, 11) is 0. The van der Waals surface area contributed by atoms with Gasteiger partial charge in [-0.1, -0.05) is 15.9 Å². The molecule has 0 amide bonds. The fraction of sp³-hybridized carbons (Fsp3) is 0.222. The van der Waals surface area contributed by atoms with Gasteiger partial charge < -0.3 is 0 Å². The van der Waals surface area contributed by atoms with E-state index in [-0.39, 0.29) is 0 Å². The summed E-state index contributed by atoms with van der Waals surface area (Å²) in [5, 5.41) is 1.65. The largest absolute Gasteiger partial charge is 0.294 e. The van der Waals surface area contributed by atoms with Gasteiger partial charge in [0.15, 0.2) is 0 Å². The summed E-state index contributed by atoms with van der Waals surface area (Å²) in [5.41, 5.74) is 2.17. The summed E-state index contributed by atoms with van der Waals surface area (Å²) >= 11 is 3.42. The van der Waals surface area contributed by atoms with Crippen molar-refractivity contribution in [2.24, 2.45) is 10.8 Å². The lowest BCUT2D eigenvalue weighted by atomic mass is 10.1. The van der Waals surface area contributed by atoms with Gasteiger partial charge in [-0.3, -0.25) is 5.01 Å². The van der Waals surface area contributed by atoms with Crippen LogP contribution in [0.4, 0.5) is 5.69 Å². The van der Waals surface area contributed by atoms with Crippen molar-refractivity contribution in [1.29, 1.82) is 0 Å².